The monoisotopic (exact) mass is 313 g/mol. The molecule has 3 rings (SSSR count). The average Bonchev–Trinajstić information content (AvgIpc) is 2.96. The third-order valence-corrected chi connectivity index (χ3v) is 4.54. The van der Waals surface area contributed by atoms with Crippen molar-refractivity contribution in [3.8, 4) is 5.75 Å². The van der Waals surface area contributed by atoms with Crippen LogP contribution in [0, 0.1) is 0 Å². The Morgan fingerprint density at radius 2 is 1.57 bits per heavy atom. The highest BCUT2D eigenvalue weighted by Gasteiger charge is 2.17. The second-order valence-corrected chi connectivity index (χ2v) is 6.24. The van der Waals surface area contributed by atoms with Crippen molar-refractivity contribution in [3.63, 3.8) is 0 Å². The van der Waals surface area contributed by atoms with Crippen LogP contribution in [0.25, 0.3) is 0 Å². The summed E-state index contributed by atoms with van der Waals surface area (Å²) in [6.07, 6.45) is 2.12. The Morgan fingerprint density at radius 1 is 0.913 bits per heavy atom. The number of aryl methyl sites for hydroxylation is 1. The van der Waals surface area contributed by atoms with Crippen LogP contribution in [-0.4, -0.2) is 47.2 Å². The van der Waals surface area contributed by atoms with Gasteiger partial charge in [0.25, 0.3) is 0 Å². The smallest absolute Gasteiger partial charge is 0.119 e. The summed E-state index contributed by atoms with van der Waals surface area (Å²) in [5.74, 6) is 0.962. The molecule has 0 N–H and O–H groups in total. The number of hydrogen-bond donors (Lipinski definition) is 0. The average molecular weight is 313 g/mol. The van der Waals surface area contributed by atoms with Crippen LogP contribution in [0.3, 0.4) is 0 Å². The molecule has 0 bridgehead atoms. The first kappa shape index (κ1) is 16.1. The summed E-state index contributed by atoms with van der Waals surface area (Å²) in [7, 11) is 2.12. The maximum Gasteiger partial charge on any atom is 0.119 e. The standard InChI is InChI=1S/C19H27N3O/c1-3-23-19-8-6-17(7-9-19)15-21-11-13-22(14-12-21)16-18-5-4-10-20(18)2/h4-10H,3,11-16H2,1-2H3. The molecule has 0 unspecified atom stereocenters. The SMILES string of the molecule is CCOc1ccc(CN2CCN(Cc3cccn3C)CC2)cc1. The maximum atomic E-state index is 5.50. The summed E-state index contributed by atoms with van der Waals surface area (Å²) in [6, 6.07) is 12.8. The Kier molecular flexibility index (Phi) is 5.36. The second-order valence-electron chi connectivity index (χ2n) is 6.24. The first-order valence-electron chi connectivity index (χ1n) is 8.51. The Labute approximate surface area is 139 Å². The van der Waals surface area contributed by atoms with E-state index in [-0.39, 0.29) is 0 Å². The zero-order valence-corrected chi connectivity index (χ0v) is 14.2. The van der Waals surface area contributed by atoms with Gasteiger partial charge in [0, 0.05) is 58.2 Å². The molecular weight excluding hydrogens is 286 g/mol. The zero-order valence-electron chi connectivity index (χ0n) is 14.2. The molecule has 0 atom stereocenters. The van der Waals surface area contributed by atoms with Crippen LogP contribution < -0.4 is 4.74 Å². The highest BCUT2D eigenvalue weighted by atomic mass is 16.5. The van der Waals surface area contributed by atoms with E-state index in [4.69, 9.17) is 4.74 Å². The molecule has 1 aliphatic rings. The fourth-order valence-corrected chi connectivity index (χ4v) is 3.11. The lowest BCUT2D eigenvalue weighted by Crippen LogP contribution is -2.45. The van der Waals surface area contributed by atoms with Gasteiger partial charge in [-0.1, -0.05) is 12.1 Å². The number of ether oxygens (including phenoxy) is 1. The number of nitrogens with zero attached hydrogens (tertiary/aromatic N) is 3. The van der Waals surface area contributed by atoms with Gasteiger partial charge in [-0.2, -0.15) is 0 Å². The number of aromatic nitrogens is 1. The molecule has 1 aromatic heterocycles. The molecule has 2 heterocycles. The molecule has 0 amide bonds. The first-order valence-corrected chi connectivity index (χ1v) is 8.51. The fraction of sp³-hybridized carbons (Fsp3) is 0.474. The largest absolute Gasteiger partial charge is 0.494 e. The number of piperazine rings is 1. The minimum absolute atomic E-state index is 0.725. The van der Waals surface area contributed by atoms with Crippen molar-refractivity contribution >= 4 is 0 Å². The van der Waals surface area contributed by atoms with Gasteiger partial charge in [-0.05, 0) is 36.8 Å². The van der Waals surface area contributed by atoms with Crippen molar-refractivity contribution in [2.45, 2.75) is 20.0 Å². The fourth-order valence-electron chi connectivity index (χ4n) is 3.11. The maximum absolute atomic E-state index is 5.50. The van der Waals surface area contributed by atoms with Gasteiger partial charge in [0.2, 0.25) is 0 Å². The highest BCUT2D eigenvalue weighted by Crippen LogP contribution is 2.15. The molecule has 1 saturated heterocycles. The molecule has 1 aromatic carbocycles. The summed E-state index contributed by atoms with van der Waals surface area (Å²) < 4.78 is 7.72. The predicted molar refractivity (Wildman–Crippen MR) is 93.6 cm³/mol. The number of hydrogen-bond acceptors (Lipinski definition) is 3. The summed E-state index contributed by atoms with van der Waals surface area (Å²) in [5.41, 5.74) is 2.76. The van der Waals surface area contributed by atoms with Crippen LogP contribution in [0.1, 0.15) is 18.2 Å². The number of benzene rings is 1. The first-order chi connectivity index (χ1) is 11.2. The second kappa shape index (κ2) is 7.66. The minimum atomic E-state index is 0.725. The third kappa shape index (κ3) is 4.36. The van der Waals surface area contributed by atoms with E-state index in [0.717, 1.165) is 51.6 Å². The van der Waals surface area contributed by atoms with Crippen molar-refractivity contribution in [1.82, 2.24) is 14.4 Å². The van der Waals surface area contributed by atoms with Crippen LogP contribution in [0.4, 0.5) is 0 Å². The van der Waals surface area contributed by atoms with E-state index in [1.807, 2.05) is 6.92 Å². The summed E-state index contributed by atoms with van der Waals surface area (Å²) in [6.45, 7) is 9.38. The normalized spacial score (nSPS) is 16.6. The van der Waals surface area contributed by atoms with E-state index in [9.17, 15) is 0 Å². The molecule has 0 spiro atoms. The lowest BCUT2D eigenvalue weighted by Gasteiger charge is -2.34. The molecule has 0 saturated carbocycles. The van der Waals surface area contributed by atoms with Crippen LogP contribution in [0.2, 0.25) is 0 Å². The molecule has 4 heteroatoms. The van der Waals surface area contributed by atoms with Gasteiger partial charge >= 0.3 is 0 Å². The van der Waals surface area contributed by atoms with Gasteiger partial charge in [-0.15, -0.1) is 0 Å². The van der Waals surface area contributed by atoms with E-state index in [2.05, 4.69) is 64.0 Å². The van der Waals surface area contributed by atoms with Gasteiger partial charge in [0.1, 0.15) is 5.75 Å². The lowest BCUT2D eigenvalue weighted by molar-refractivity contribution is 0.120. The van der Waals surface area contributed by atoms with E-state index in [0.29, 0.717) is 0 Å². The van der Waals surface area contributed by atoms with Gasteiger partial charge < -0.3 is 9.30 Å². The molecule has 2 aromatic rings. The highest BCUT2D eigenvalue weighted by molar-refractivity contribution is 5.27. The molecule has 0 aliphatic carbocycles. The predicted octanol–water partition coefficient (Wildman–Crippen LogP) is 2.74. The number of rotatable bonds is 6. The Balaban J connectivity index is 1.46. The van der Waals surface area contributed by atoms with E-state index >= 15 is 0 Å². The van der Waals surface area contributed by atoms with E-state index < -0.39 is 0 Å². The van der Waals surface area contributed by atoms with Crippen molar-refractivity contribution < 1.29 is 4.74 Å². The van der Waals surface area contributed by atoms with Gasteiger partial charge in [-0.25, -0.2) is 0 Å². The Bertz CT molecular complexity index is 597. The summed E-state index contributed by atoms with van der Waals surface area (Å²) in [4.78, 5) is 5.08. The Morgan fingerprint density at radius 3 is 2.13 bits per heavy atom. The minimum Gasteiger partial charge on any atom is -0.494 e. The zero-order chi connectivity index (χ0) is 16.1. The van der Waals surface area contributed by atoms with Crippen LogP contribution in [-0.2, 0) is 20.1 Å². The molecule has 1 aliphatic heterocycles. The molecule has 124 valence electrons. The quantitative estimate of drug-likeness (QED) is 0.818. The van der Waals surface area contributed by atoms with Gasteiger partial charge in [0.15, 0.2) is 0 Å². The van der Waals surface area contributed by atoms with Crippen molar-refractivity contribution in [1.29, 1.82) is 0 Å². The Hall–Kier alpha value is -1.78. The molecule has 4 nitrogen and oxygen atoms in total. The molecule has 1 fully saturated rings. The topological polar surface area (TPSA) is 20.6 Å². The van der Waals surface area contributed by atoms with Crippen molar-refractivity contribution in [2.75, 3.05) is 32.8 Å². The molecule has 0 radical (unpaired) electrons. The molecule has 23 heavy (non-hydrogen) atoms. The van der Waals surface area contributed by atoms with Crippen LogP contribution >= 0.6 is 0 Å². The van der Waals surface area contributed by atoms with E-state index in [1.165, 1.54) is 11.3 Å². The van der Waals surface area contributed by atoms with E-state index in [1.54, 1.807) is 0 Å². The third-order valence-electron chi connectivity index (χ3n) is 4.54. The van der Waals surface area contributed by atoms with Crippen LogP contribution in [0.5, 0.6) is 5.75 Å². The van der Waals surface area contributed by atoms with Crippen molar-refractivity contribution in [3.05, 3.63) is 53.9 Å². The van der Waals surface area contributed by atoms with Gasteiger partial charge in [0.05, 0.1) is 6.61 Å². The lowest BCUT2D eigenvalue weighted by atomic mass is 10.2. The van der Waals surface area contributed by atoms with Crippen molar-refractivity contribution in [2.24, 2.45) is 7.05 Å². The van der Waals surface area contributed by atoms with Crippen LogP contribution in [0.15, 0.2) is 42.6 Å². The summed E-state index contributed by atoms with van der Waals surface area (Å²) in [5, 5.41) is 0. The van der Waals surface area contributed by atoms with Gasteiger partial charge in [-0.3, -0.25) is 9.80 Å². The summed E-state index contributed by atoms with van der Waals surface area (Å²) >= 11 is 0. The molecular formula is C19H27N3O.